The van der Waals surface area contributed by atoms with Gasteiger partial charge in [-0.15, -0.1) is 0 Å². The zero-order valence-corrected chi connectivity index (χ0v) is 9.47. The number of hydrogen-bond donors (Lipinski definition) is 3. The van der Waals surface area contributed by atoms with Crippen molar-refractivity contribution in [3.63, 3.8) is 0 Å². The topological polar surface area (TPSA) is 120 Å². The Morgan fingerprint density at radius 1 is 1.50 bits per heavy atom. The molecule has 16 heavy (non-hydrogen) atoms. The molecular formula is C8H12N4O3S. The lowest BCUT2D eigenvalue weighted by Crippen LogP contribution is -2.21. The molecule has 0 aromatic carbocycles. The molecule has 1 rings (SSSR count). The Balaban J connectivity index is 2.97. The van der Waals surface area contributed by atoms with Crippen molar-refractivity contribution in [3.05, 3.63) is 5.56 Å². The molecule has 0 fully saturated rings. The average Bonchev–Trinajstić information content (AvgIpc) is 2.56. The van der Waals surface area contributed by atoms with E-state index in [1.807, 2.05) is 6.92 Å². The predicted molar refractivity (Wildman–Crippen MR) is 59.6 cm³/mol. The number of urea groups is 1. The van der Waals surface area contributed by atoms with Crippen LogP contribution in [0.3, 0.4) is 0 Å². The lowest BCUT2D eigenvalue weighted by atomic mass is 10.3. The Labute approximate surface area is 95.9 Å². The van der Waals surface area contributed by atoms with E-state index in [4.69, 9.17) is 16.2 Å². The highest BCUT2D eigenvalue weighted by Gasteiger charge is 2.20. The quantitative estimate of drug-likeness (QED) is 0.699. The first-order valence-corrected chi connectivity index (χ1v) is 5.32. The summed E-state index contributed by atoms with van der Waals surface area (Å²) < 4.78 is 9.09. The van der Waals surface area contributed by atoms with Gasteiger partial charge in [-0.05, 0) is 18.0 Å². The zero-order chi connectivity index (χ0) is 12.1. The van der Waals surface area contributed by atoms with Crippen LogP contribution in [0.1, 0.15) is 23.7 Å². The molecule has 0 saturated heterocycles. The lowest BCUT2D eigenvalue weighted by Gasteiger charge is -2.03. The molecule has 1 aromatic heterocycles. The minimum absolute atomic E-state index is 0.0530. The number of primary amides is 2. The maximum Gasteiger partial charge on any atom is 0.317 e. The number of nitrogens with two attached hydrogens (primary N) is 2. The summed E-state index contributed by atoms with van der Waals surface area (Å²) in [5.41, 5.74) is 10.2. The van der Waals surface area contributed by atoms with Crippen molar-refractivity contribution in [2.45, 2.75) is 13.3 Å². The van der Waals surface area contributed by atoms with Gasteiger partial charge in [0.25, 0.3) is 5.91 Å². The summed E-state index contributed by atoms with van der Waals surface area (Å²) in [5.74, 6) is -0.591. The number of aromatic nitrogens is 1. The van der Waals surface area contributed by atoms with E-state index in [0.717, 1.165) is 18.0 Å². The number of rotatable bonds is 5. The number of carbonyl (C=O) groups excluding carboxylic acids is 2. The van der Waals surface area contributed by atoms with Crippen LogP contribution in [-0.2, 0) is 0 Å². The van der Waals surface area contributed by atoms with Crippen LogP contribution in [0.2, 0.25) is 0 Å². The van der Waals surface area contributed by atoms with Gasteiger partial charge in [-0.3, -0.25) is 10.1 Å². The molecule has 0 aliphatic heterocycles. The van der Waals surface area contributed by atoms with Crippen molar-refractivity contribution in [2.24, 2.45) is 11.5 Å². The molecular weight excluding hydrogens is 232 g/mol. The van der Waals surface area contributed by atoms with Crippen molar-refractivity contribution in [2.75, 3.05) is 11.9 Å². The minimum atomic E-state index is -0.784. The second kappa shape index (κ2) is 5.31. The van der Waals surface area contributed by atoms with Crippen LogP contribution < -0.4 is 21.5 Å². The van der Waals surface area contributed by atoms with Gasteiger partial charge in [0.2, 0.25) is 5.88 Å². The zero-order valence-electron chi connectivity index (χ0n) is 8.65. The summed E-state index contributed by atoms with van der Waals surface area (Å²) in [5, 5.41) is 2.47. The molecule has 88 valence electrons. The third-order valence-electron chi connectivity index (χ3n) is 1.59. The Bertz CT molecular complexity index is 404. The van der Waals surface area contributed by atoms with Gasteiger partial charge in [-0.2, -0.15) is 4.37 Å². The van der Waals surface area contributed by atoms with Gasteiger partial charge >= 0.3 is 6.03 Å². The third kappa shape index (κ3) is 2.83. The van der Waals surface area contributed by atoms with Gasteiger partial charge in [0.1, 0.15) is 10.6 Å². The number of amides is 3. The van der Waals surface area contributed by atoms with E-state index in [1.165, 1.54) is 0 Å². The second-order valence-electron chi connectivity index (χ2n) is 2.89. The first-order valence-electron chi connectivity index (χ1n) is 4.55. The molecule has 1 heterocycles. The molecule has 0 spiro atoms. The van der Waals surface area contributed by atoms with Crippen LogP contribution in [-0.4, -0.2) is 22.9 Å². The highest BCUT2D eigenvalue weighted by atomic mass is 32.1. The summed E-state index contributed by atoms with van der Waals surface area (Å²) >= 11 is 0.895. The number of nitrogens with zero attached hydrogens (tertiary/aromatic N) is 1. The Morgan fingerprint density at radius 2 is 2.19 bits per heavy atom. The smallest absolute Gasteiger partial charge is 0.317 e. The van der Waals surface area contributed by atoms with Gasteiger partial charge in [0.15, 0.2) is 0 Å². The standard InChI is InChI=1S/C8H12N4O3S/c1-2-3-15-6-4(5(9)13)7(16-12-6)11-8(10)14/h2-3H2,1H3,(H2,9,13)(H3,10,11,14). The third-order valence-corrected chi connectivity index (χ3v) is 2.33. The maximum absolute atomic E-state index is 11.2. The largest absolute Gasteiger partial charge is 0.476 e. The molecule has 0 bridgehead atoms. The van der Waals surface area contributed by atoms with E-state index in [1.54, 1.807) is 0 Å². The van der Waals surface area contributed by atoms with Crippen molar-refractivity contribution in [3.8, 4) is 5.88 Å². The van der Waals surface area contributed by atoms with Crippen LogP contribution >= 0.6 is 11.5 Å². The van der Waals surface area contributed by atoms with E-state index in [9.17, 15) is 9.59 Å². The monoisotopic (exact) mass is 244 g/mol. The molecule has 0 aliphatic rings. The molecule has 0 atom stereocenters. The van der Waals surface area contributed by atoms with Gasteiger partial charge < -0.3 is 16.2 Å². The first-order chi connectivity index (χ1) is 7.56. The first kappa shape index (κ1) is 12.2. The van der Waals surface area contributed by atoms with Gasteiger partial charge in [0.05, 0.1) is 6.61 Å². The van der Waals surface area contributed by atoms with Gasteiger partial charge in [-0.1, -0.05) is 6.92 Å². The highest BCUT2D eigenvalue weighted by molar-refractivity contribution is 7.11. The molecule has 0 aliphatic carbocycles. The average molecular weight is 244 g/mol. The fourth-order valence-electron chi connectivity index (χ4n) is 0.987. The van der Waals surface area contributed by atoms with Crippen LogP contribution in [0, 0.1) is 0 Å². The van der Waals surface area contributed by atoms with Gasteiger partial charge in [-0.25, -0.2) is 4.79 Å². The van der Waals surface area contributed by atoms with E-state index in [-0.39, 0.29) is 16.4 Å². The number of nitrogens with one attached hydrogen (secondary N) is 1. The number of anilines is 1. The van der Waals surface area contributed by atoms with E-state index >= 15 is 0 Å². The number of ether oxygens (including phenoxy) is 1. The van der Waals surface area contributed by atoms with Crippen LogP contribution in [0.5, 0.6) is 5.88 Å². The maximum atomic E-state index is 11.2. The van der Waals surface area contributed by atoms with Crippen LogP contribution in [0.25, 0.3) is 0 Å². The summed E-state index contributed by atoms with van der Waals surface area (Å²) in [6, 6.07) is -0.784. The molecule has 3 amide bonds. The summed E-state index contributed by atoms with van der Waals surface area (Å²) in [6.07, 6.45) is 0.772. The van der Waals surface area contributed by atoms with E-state index in [0.29, 0.717) is 6.61 Å². The van der Waals surface area contributed by atoms with Crippen molar-refractivity contribution in [1.82, 2.24) is 4.37 Å². The Kier molecular flexibility index (Phi) is 4.06. The number of carbonyl (C=O) groups is 2. The molecule has 5 N–H and O–H groups in total. The minimum Gasteiger partial charge on any atom is -0.476 e. The molecule has 7 nitrogen and oxygen atoms in total. The predicted octanol–water partition coefficient (Wildman–Crippen LogP) is 0.521. The Morgan fingerprint density at radius 3 is 2.69 bits per heavy atom. The van der Waals surface area contributed by atoms with Crippen molar-refractivity contribution >= 4 is 28.5 Å². The van der Waals surface area contributed by atoms with Gasteiger partial charge in [0, 0.05) is 0 Å². The SMILES string of the molecule is CCCOc1nsc(NC(N)=O)c1C(N)=O. The summed E-state index contributed by atoms with van der Waals surface area (Å²) in [7, 11) is 0. The molecule has 0 saturated carbocycles. The number of hydrogen-bond acceptors (Lipinski definition) is 5. The molecule has 1 aromatic rings. The van der Waals surface area contributed by atoms with Crippen LogP contribution in [0.4, 0.5) is 9.80 Å². The van der Waals surface area contributed by atoms with E-state index < -0.39 is 11.9 Å². The van der Waals surface area contributed by atoms with Crippen LogP contribution in [0.15, 0.2) is 0 Å². The Hall–Kier alpha value is -1.83. The fraction of sp³-hybridized carbons (Fsp3) is 0.375. The van der Waals surface area contributed by atoms with Crippen molar-refractivity contribution in [1.29, 1.82) is 0 Å². The van der Waals surface area contributed by atoms with E-state index in [2.05, 4.69) is 9.69 Å². The molecule has 8 heteroatoms. The molecule has 0 unspecified atom stereocenters. The normalized spacial score (nSPS) is 9.81. The highest BCUT2D eigenvalue weighted by Crippen LogP contribution is 2.29. The summed E-state index contributed by atoms with van der Waals surface area (Å²) in [4.78, 5) is 21.8. The fourth-order valence-corrected chi connectivity index (χ4v) is 1.73. The summed E-state index contributed by atoms with van der Waals surface area (Å²) in [6.45, 7) is 2.33. The van der Waals surface area contributed by atoms with Crippen molar-refractivity contribution < 1.29 is 14.3 Å². The molecule has 0 radical (unpaired) electrons. The second-order valence-corrected chi connectivity index (χ2v) is 3.67. The lowest BCUT2D eigenvalue weighted by molar-refractivity contribution is 0.0997.